The topological polar surface area (TPSA) is 84.7 Å². The van der Waals surface area contributed by atoms with Crippen molar-refractivity contribution in [1.29, 1.82) is 0 Å². The zero-order valence-corrected chi connectivity index (χ0v) is 15.2. The third kappa shape index (κ3) is 7.47. The van der Waals surface area contributed by atoms with Crippen molar-refractivity contribution in [3.05, 3.63) is 21.9 Å². The summed E-state index contributed by atoms with van der Waals surface area (Å²) in [4.78, 5) is 25.8. The number of amides is 2. The molecule has 7 heteroatoms. The van der Waals surface area contributed by atoms with E-state index in [0.717, 1.165) is 17.8 Å². The standard InChI is InChI=1S/C16H27N3O3S/c1-5-19(15(21)22-16(2,3)4)8-6-7-18-10-13-9-12(11-23-13)14(17)20/h9,11,18H,5-8,10H2,1-4H3,(H2,17,20). The summed E-state index contributed by atoms with van der Waals surface area (Å²) >= 11 is 1.51. The van der Waals surface area contributed by atoms with Gasteiger partial charge in [0.2, 0.25) is 5.91 Å². The molecule has 0 radical (unpaired) electrons. The molecular formula is C16H27N3O3S. The summed E-state index contributed by atoms with van der Waals surface area (Å²) in [5.74, 6) is -0.400. The van der Waals surface area contributed by atoms with Crippen LogP contribution in [0.1, 0.15) is 49.4 Å². The van der Waals surface area contributed by atoms with Crippen LogP contribution in [0, 0.1) is 0 Å². The molecule has 0 aliphatic rings. The Morgan fingerprint density at radius 1 is 1.39 bits per heavy atom. The van der Waals surface area contributed by atoms with Crippen molar-refractivity contribution in [3.63, 3.8) is 0 Å². The zero-order chi connectivity index (χ0) is 17.5. The van der Waals surface area contributed by atoms with Crippen molar-refractivity contribution in [2.24, 2.45) is 5.73 Å². The fraction of sp³-hybridized carbons (Fsp3) is 0.625. The predicted molar refractivity (Wildman–Crippen MR) is 92.6 cm³/mol. The monoisotopic (exact) mass is 341 g/mol. The number of carbonyl (C=O) groups excluding carboxylic acids is 2. The molecule has 6 nitrogen and oxygen atoms in total. The molecule has 1 heterocycles. The van der Waals surface area contributed by atoms with Gasteiger partial charge >= 0.3 is 6.09 Å². The maximum atomic E-state index is 12.0. The number of primary amides is 1. The first-order valence-corrected chi connectivity index (χ1v) is 8.66. The second-order valence-electron chi connectivity index (χ2n) is 6.26. The molecule has 0 aromatic carbocycles. The molecular weight excluding hydrogens is 314 g/mol. The van der Waals surface area contributed by atoms with E-state index in [1.807, 2.05) is 27.7 Å². The molecule has 0 aliphatic heterocycles. The molecule has 1 rings (SSSR count). The molecule has 0 atom stereocenters. The van der Waals surface area contributed by atoms with Gasteiger partial charge in [-0.05, 0) is 46.7 Å². The summed E-state index contributed by atoms with van der Waals surface area (Å²) < 4.78 is 5.37. The van der Waals surface area contributed by atoms with Crippen molar-refractivity contribution < 1.29 is 14.3 Å². The summed E-state index contributed by atoms with van der Waals surface area (Å²) in [7, 11) is 0. The Labute approximate surface area is 142 Å². The van der Waals surface area contributed by atoms with Crippen LogP contribution in [-0.4, -0.2) is 42.1 Å². The van der Waals surface area contributed by atoms with Crippen LogP contribution in [0.4, 0.5) is 4.79 Å². The Hall–Kier alpha value is -1.60. The second-order valence-corrected chi connectivity index (χ2v) is 7.25. The minimum atomic E-state index is -0.472. The molecule has 2 amide bonds. The second kappa shape index (κ2) is 8.88. The van der Waals surface area contributed by atoms with E-state index in [9.17, 15) is 9.59 Å². The summed E-state index contributed by atoms with van der Waals surface area (Å²) in [6.07, 6.45) is 0.561. The third-order valence-corrected chi connectivity index (χ3v) is 3.99. The lowest BCUT2D eigenvalue weighted by Crippen LogP contribution is -2.38. The Bertz CT molecular complexity index is 523. The lowest BCUT2D eigenvalue weighted by Gasteiger charge is -2.26. The summed E-state index contributed by atoms with van der Waals surface area (Å²) in [6.45, 7) is 10.3. The van der Waals surface area contributed by atoms with Crippen LogP contribution in [0.2, 0.25) is 0 Å². The third-order valence-electron chi connectivity index (χ3n) is 3.05. The number of ether oxygens (including phenoxy) is 1. The molecule has 0 saturated carbocycles. The Morgan fingerprint density at radius 3 is 2.61 bits per heavy atom. The van der Waals surface area contributed by atoms with Gasteiger partial charge in [-0.2, -0.15) is 0 Å². The Morgan fingerprint density at radius 2 is 2.09 bits per heavy atom. The van der Waals surface area contributed by atoms with Gasteiger partial charge in [0, 0.05) is 29.9 Å². The first-order chi connectivity index (χ1) is 10.7. The van der Waals surface area contributed by atoms with Crippen molar-refractivity contribution in [3.8, 4) is 0 Å². The van der Waals surface area contributed by atoms with Crippen molar-refractivity contribution in [2.75, 3.05) is 19.6 Å². The minimum Gasteiger partial charge on any atom is -0.444 e. The number of nitrogens with zero attached hydrogens (tertiary/aromatic N) is 1. The van der Waals surface area contributed by atoms with E-state index < -0.39 is 11.5 Å². The van der Waals surface area contributed by atoms with E-state index in [-0.39, 0.29) is 6.09 Å². The molecule has 23 heavy (non-hydrogen) atoms. The number of thiophene rings is 1. The first-order valence-electron chi connectivity index (χ1n) is 7.78. The lowest BCUT2D eigenvalue weighted by molar-refractivity contribution is 0.0258. The number of carbonyl (C=O) groups is 2. The van der Waals surface area contributed by atoms with Crippen molar-refractivity contribution in [1.82, 2.24) is 10.2 Å². The Balaban J connectivity index is 2.26. The molecule has 0 spiro atoms. The summed E-state index contributed by atoms with van der Waals surface area (Å²) in [5.41, 5.74) is 5.30. The zero-order valence-electron chi connectivity index (χ0n) is 14.3. The maximum Gasteiger partial charge on any atom is 0.410 e. The van der Waals surface area contributed by atoms with Gasteiger partial charge in [-0.1, -0.05) is 0 Å². The van der Waals surface area contributed by atoms with Gasteiger partial charge in [-0.25, -0.2) is 4.79 Å². The van der Waals surface area contributed by atoms with Gasteiger partial charge in [0.1, 0.15) is 5.60 Å². The van der Waals surface area contributed by atoms with E-state index in [4.69, 9.17) is 10.5 Å². The predicted octanol–water partition coefficient (Wildman–Crippen LogP) is 2.58. The largest absolute Gasteiger partial charge is 0.444 e. The van der Waals surface area contributed by atoms with Crippen LogP contribution in [0.15, 0.2) is 11.4 Å². The normalized spacial score (nSPS) is 11.3. The van der Waals surface area contributed by atoms with Crippen LogP contribution >= 0.6 is 11.3 Å². The number of hydrogen-bond donors (Lipinski definition) is 2. The summed E-state index contributed by atoms with van der Waals surface area (Å²) in [5, 5.41) is 5.06. The smallest absolute Gasteiger partial charge is 0.410 e. The quantitative estimate of drug-likeness (QED) is 0.712. The van der Waals surface area contributed by atoms with Gasteiger partial charge in [0.25, 0.3) is 0 Å². The Kier molecular flexibility index (Phi) is 7.51. The fourth-order valence-electron chi connectivity index (χ4n) is 1.91. The molecule has 0 aliphatic carbocycles. The van der Waals surface area contributed by atoms with Crippen LogP contribution in [0.3, 0.4) is 0 Å². The molecule has 1 aromatic rings. The SMILES string of the molecule is CCN(CCCNCc1cc(C(N)=O)cs1)C(=O)OC(C)(C)C. The lowest BCUT2D eigenvalue weighted by atomic mass is 10.2. The average Bonchev–Trinajstić information content (AvgIpc) is 2.89. The van der Waals surface area contributed by atoms with Gasteiger partial charge in [-0.3, -0.25) is 4.79 Å². The van der Waals surface area contributed by atoms with Gasteiger partial charge in [-0.15, -0.1) is 11.3 Å². The summed E-state index contributed by atoms with van der Waals surface area (Å²) in [6, 6.07) is 1.80. The number of nitrogens with one attached hydrogen (secondary N) is 1. The van der Waals surface area contributed by atoms with Gasteiger partial charge in [0.05, 0.1) is 5.56 Å². The highest BCUT2D eigenvalue weighted by Crippen LogP contribution is 2.14. The van der Waals surface area contributed by atoms with E-state index >= 15 is 0 Å². The maximum absolute atomic E-state index is 12.0. The first kappa shape index (κ1) is 19.4. The molecule has 0 unspecified atom stereocenters. The van der Waals surface area contributed by atoms with Crippen molar-refractivity contribution in [2.45, 2.75) is 46.3 Å². The number of hydrogen-bond acceptors (Lipinski definition) is 5. The highest BCUT2D eigenvalue weighted by molar-refractivity contribution is 7.10. The van der Waals surface area contributed by atoms with E-state index in [1.54, 1.807) is 16.3 Å². The number of rotatable bonds is 8. The van der Waals surface area contributed by atoms with Crippen molar-refractivity contribution >= 4 is 23.3 Å². The molecule has 1 aromatic heterocycles. The van der Waals surface area contributed by atoms with Gasteiger partial charge in [0.15, 0.2) is 0 Å². The highest BCUT2D eigenvalue weighted by Gasteiger charge is 2.20. The van der Waals surface area contributed by atoms with E-state index in [1.165, 1.54) is 11.3 Å². The van der Waals surface area contributed by atoms with Crippen LogP contribution < -0.4 is 11.1 Å². The molecule has 3 N–H and O–H groups in total. The van der Waals surface area contributed by atoms with Crippen LogP contribution in [-0.2, 0) is 11.3 Å². The minimum absolute atomic E-state index is 0.274. The molecule has 0 fully saturated rings. The van der Waals surface area contributed by atoms with Gasteiger partial charge < -0.3 is 20.7 Å². The van der Waals surface area contributed by atoms with E-state index in [2.05, 4.69) is 5.32 Å². The molecule has 130 valence electrons. The van der Waals surface area contributed by atoms with Crippen LogP contribution in [0.5, 0.6) is 0 Å². The fourth-order valence-corrected chi connectivity index (χ4v) is 2.76. The van der Waals surface area contributed by atoms with E-state index in [0.29, 0.717) is 25.2 Å². The van der Waals surface area contributed by atoms with Crippen LogP contribution in [0.25, 0.3) is 0 Å². The molecule has 0 bridgehead atoms. The number of nitrogens with two attached hydrogens (primary N) is 1. The highest BCUT2D eigenvalue weighted by atomic mass is 32.1. The molecule has 0 saturated heterocycles. The average molecular weight is 341 g/mol.